The molecule has 1 aromatic carbocycles. The zero-order valence-electron chi connectivity index (χ0n) is 9.77. The molecule has 2 aromatic rings. The van der Waals surface area contributed by atoms with Crippen molar-refractivity contribution in [3.63, 3.8) is 0 Å². The highest BCUT2D eigenvalue weighted by molar-refractivity contribution is 5.77. The summed E-state index contributed by atoms with van der Waals surface area (Å²) in [5.74, 6) is 0. The molecular weight excluding hydrogens is 232 g/mol. The monoisotopic (exact) mass is 246 g/mol. The molecule has 1 aromatic heterocycles. The van der Waals surface area contributed by atoms with Gasteiger partial charge in [-0.1, -0.05) is 12.1 Å². The van der Waals surface area contributed by atoms with Gasteiger partial charge in [0.05, 0.1) is 10.9 Å². The van der Waals surface area contributed by atoms with Crippen molar-refractivity contribution < 1.29 is 0 Å². The van der Waals surface area contributed by atoms with Crippen LogP contribution in [0.5, 0.6) is 0 Å². The van der Waals surface area contributed by atoms with E-state index in [1.165, 1.54) is 0 Å². The minimum absolute atomic E-state index is 0.131. The first-order chi connectivity index (χ1) is 8.77. The van der Waals surface area contributed by atoms with E-state index in [1.807, 2.05) is 6.07 Å². The van der Waals surface area contributed by atoms with Gasteiger partial charge in [0.15, 0.2) is 0 Å². The molecule has 6 heteroatoms. The Hall–Kier alpha value is -1.92. The summed E-state index contributed by atoms with van der Waals surface area (Å²) in [4.78, 5) is 26.1. The molecule has 0 saturated carbocycles. The number of hydrogen-bond acceptors (Lipinski definition) is 4. The summed E-state index contributed by atoms with van der Waals surface area (Å²) < 4.78 is 1.60. The van der Waals surface area contributed by atoms with Gasteiger partial charge in [-0.25, -0.2) is 4.79 Å². The lowest BCUT2D eigenvalue weighted by Gasteiger charge is -2.27. The molecule has 0 spiro atoms. The summed E-state index contributed by atoms with van der Waals surface area (Å²) in [5, 5.41) is 7.02. The normalized spacial score (nSPS) is 20.1. The molecule has 0 aliphatic carbocycles. The molecule has 18 heavy (non-hydrogen) atoms. The Labute approximate surface area is 103 Å². The number of fused-ring (bicyclic) bond motifs is 1. The highest BCUT2D eigenvalue weighted by Crippen LogP contribution is 2.11. The molecule has 0 bridgehead atoms. The third-order valence-electron chi connectivity index (χ3n) is 3.18. The molecule has 0 amide bonds. The number of aromatic amines is 1. The van der Waals surface area contributed by atoms with Crippen molar-refractivity contribution in [3.05, 3.63) is 45.1 Å². The Balaban J connectivity index is 2.27. The molecule has 1 aliphatic heterocycles. The van der Waals surface area contributed by atoms with Crippen molar-refractivity contribution in [2.45, 2.75) is 6.17 Å². The number of hydrogen-bond donors (Lipinski definition) is 3. The predicted molar refractivity (Wildman–Crippen MR) is 68.7 cm³/mol. The van der Waals surface area contributed by atoms with E-state index >= 15 is 0 Å². The number of rotatable bonds is 1. The molecule has 6 nitrogen and oxygen atoms in total. The highest BCUT2D eigenvalue weighted by Gasteiger charge is 2.18. The first kappa shape index (κ1) is 11.2. The maximum absolute atomic E-state index is 12.0. The summed E-state index contributed by atoms with van der Waals surface area (Å²) >= 11 is 0. The largest absolute Gasteiger partial charge is 0.330 e. The van der Waals surface area contributed by atoms with Crippen molar-refractivity contribution in [1.29, 1.82) is 0 Å². The zero-order valence-corrected chi connectivity index (χ0v) is 9.77. The smallest absolute Gasteiger partial charge is 0.312 e. The van der Waals surface area contributed by atoms with Gasteiger partial charge in [-0.05, 0) is 12.1 Å². The van der Waals surface area contributed by atoms with Gasteiger partial charge < -0.3 is 5.32 Å². The molecule has 2 heterocycles. The predicted octanol–water partition coefficient (Wildman–Crippen LogP) is -0.619. The zero-order chi connectivity index (χ0) is 12.5. The van der Waals surface area contributed by atoms with Gasteiger partial charge in [0.2, 0.25) is 0 Å². The van der Waals surface area contributed by atoms with Crippen LogP contribution >= 0.6 is 0 Å². The van der Waals surface area contributed by atoms with Crippen molar-refractivity contribution >= 4 is 10.9 Å². The maximum Gasteiger partial charge on any atom is 0.330 e. The van der Waals surface area contributed by atoms with Crippen molar-refractivity contribution in [2.75, 3.05) is 19.6 Å². The lowest BCUT2D eigenvalue weighted by Crippen LogP contribution is -2.49. The van der Waals surface area contributed by atoms with Crippen LogP contribution in [0.25, 0.3) is 10.9 Å². The Morgan fingerprint density at radius 3 is 2.78 bits per heavy atom. The van der Waals surface area contributed by atoms with Crippen LogP contribution in [-0.4, -0.2) is 29.2 Å². The molecular formula is C12H14N4O2. The third kappa shape index (κ3) is 1.75. The van der Waals surface area contributed by atoms with Crippen LogP contribution in [0.1, 0.15) is 6.17 Å². The molecule has 1 fully saturated rings. The second kappa shape index (κ2) is 4.40. The standard InChI is InChI=1S/C12H14N4O2/c17-11-8-3-1-2-4-9(8)16(12(18)15-11)10-7-13-5-6-14-10/h1-4,10,13-14H,5-7H2,(H,15,17,18). The maximum atomic E-state index is 12.0. The number of para-hydroxylation sites is 1. The quantitative estimate of drug-likeness (QED) is 0.626. The van der Waals surface area contributed by atoms with Crippen LogP contribution in [0.2, 0.25) is 0 Å². The minimum Gasteiger partial charge on any atom is -0.312 e. The van der Waals surface area contributed by atoms with Crippen molar-refractivity contribution in [1.82, 2.24) is 20.2 Å². The summed E-state index contributed by atoms with van der Waals surface area (Å²) in [6, 6.07) is 7.13. The number of piperazine rings is 1. The Bertz CT molecular complexity index is 682. The highest BCUT2D eigenvalue weighted by atomic mass is 16.2. The minimum atomic E-state index is -0.375. The molecule has 1 unspecified atom stereocenters. The molecule has 1 atom stereocenters. The van der Waals surface area contributed by atoms with Gasteiger partial charge in [0.25, 0.3) is 5.56 Å². The second-order valence-electron chi connectivity index (χ2n) is 4.32. The summed E-state index contributed by atoms with van der Waals surface area (Å²) in [7, 11) is 0. The second-order valence-corrected chi connectivity index (χ2v) is 4.32. The van der Waals surface area contributed by atoms with E-state index in [0.29, 0.717) is 17.4 Å². The van der Waals surface area contributed by atoms with Gasteiger partial charge in [-0.15, -0.1) is 0 Å². The number of aromatic nitrogens is 2. The summed E-state index contributed by atoms with van der Waals surface area (Å²) in [6.45, 7) is 2.34. The third-order valence-corrected chi connectivity index (χ3v) is 3.18. The van der Waals surface area contributed by atoms with Gasteiger partial charge >= 0.3 is 5.69 Å². The van der Waals surface area contributed by atoms with Crippen LogP contribution in [0.15, 0.2) is 33.9 Å². The Kier molecular flexibility index (Phi) is 2.73. The van der Waals surface area contributed by atoms with E-state index in [0.717, 1.165) is 13.1 Å². The molecule has 1 saturated heterocycles. The SMILES string of the molecule is O=c1[nH]c(=O)n(C2CNCCN2)c2ccccc12. The van der Waals surface area contributed by atoms with Gasteiger partial charge in [0.1, 0.15) is 6.17 Å². The molecule has 3 rings (SSSR count). The lowest BCUT2D eigenvalue weighted by molar-refractivity contribution is 0.336. The average Bonchev–Trinajstić information content (AvgIpc) is 2.40. The van der Waals surface area contributed by atoms with Crippen molar-refractivity contribution in [3.8, 4) is 0 Å². The van der Waals surface area contributed by atoms with Crippen LogP contribution < -0.4 is 21.9 Å². The van der Waals surface area contributed by atoms with Crippen LogP contribution in [0.4, 0.5) is 0 Å². The van der Waals surface area contributed by atoms with E-state index < -0.39 is 0 Å². The van der Waals surface area contributed by atoms with E-state index in [-0.39, 0.29) is 17.4 Å². The number of nitrogens with one attached hydrogen (secondary N) is 3. The average molecular weight is 246 g/mol. The number of H-pyrrole nitrogens is 1. The Morgan fingerprint density at radius 2 is 2.00 bits per heavy atom. The topological polar surface area (TPSA) is 78.9 Å². The fourth-order valence-electron chi connectivity index (χ4n) is 2.34. The van der Waals surface area contributed by atoms with Crippen LogP contribution in [-0.2, 0) is 0 Å². The van der Waals surface area contributed by atoms with E-state index in [9.17, 15) is 9.59 Å². The Morgan fingerprint density at radius 1 is 1.17 bits per heavy atom. The summed E-state index contributed by atoms with van der Waals surface area (Å²) in [5.41, 5.74) is -0.0528. The number of benzene rings is 1. The van der Waals surface area contributed by atoms with E-state index in [4.69, 9.17) is 0 Å². The first-order valence-corrected chi connectivity index (χ1v) is 5.95. The van der Waals surface area contributed by atoms with Gasteiger partial charge in [0, 0.05) is 19.6 Å². The van der Waals surface area contributed by atoms with Crippen molar-refractivity contribution in [2.24, 2.45) is 0 Å². The molecule has 1 aliphatic rings. The fourth-order valence-corrected chi connectivity index (χ4v) is 2.34. The first-order valence-electron chi connectivity index (χ1n) is 5.95. The lowest BCUT2D eigenvalue weighted by atomic mass is 10.2. The van der Waals surface area contributed by atoms with Gasteiger partial charge in [-0.3, -0.25) is 19.7 Å². The molecule has 94 valence electrons. The van der Waals surface area contributed by atoms with Crippen LogP contribution in [0.3, 0.4) is 0 Å². The number of nitrogens with zero attached hydrogens (tertiary/aromatic N) is 1. The van der Waals surface area contributed by atoms with Gasteiger partial charge in [-0.2, -0.15) is 0 Å². The molecule has 3 N–H and O–H groups in total. The fraction of sp³-hybridized carbons (Fsp3) is 0.333. The van der Waals surface area contributed by atoms with Crippen LogP contribution in [0, 0.1) is 0 Å². The molecule has 0 radical (unpaired) electrons. The summed E-state index contributed by atoms with van der Waals surface area (Å²) in [6.07, 6.45) is -0.131. The van der Waals surface area contributed by atoms with E-state index in [2.05, 4.69) is 15.6 Å². The van der Waals surface area contributed by atoms with E-state index in [1.54, 1.807) is 22.8 Å².